The van der Waals surface area contributed by atoms with Crippen molar-refractivity contribution in [2.45, 2.75) is 0 Å². The van der Waals surface area contributed by atoms with E-state index in [2.05, 4.69) is 10.6 Å². The molecule has 0 unspecified atom stereocenters. The van der Waals surface area contributed by atoms with Gasteiger partial charge in [0.05, 0.1) is 22.5 Å². The summed E-state index contributed by atoms with van der Waals surface area (Å²) in [5.41, 5.74) is 3.26. The molecule has 0 spiro atoms. The van der Waals surface area contributed by atoms with Gasteiger partial charge in [-0.2, -0.15) is 0 Å². The van der Waals surface area contributed by atoms with Crippen molar-refractivity contribution in [1.82, 2.24) is 0 Å². The van der Waals surface area contributed by atoms with E-state index in [1.165, 1.54) is 0 Å². The van der Waals surface area contributed by atoms with Crippen molar-refractivity contribution < 1.29 is 9.59 Å². The summed E-state index contributed by atoms with van der Waals surface area (Å²) in [4.78, 5) is 27.2. The maximum absolute atomic E-state index is 13.6. The van der Waals surface area contributed by atoms with E-state index < -0.39 is 0 Å². The lowest BCUT2D eigenvalue weighted by molar-refractivity contribution is 0.0980. The van der Waals surface area contributed by atoms with Gasteiger partial charge in [0.1, 0.15) is 0 Å². The molecule has 1 aliphatic rings. The van der Waals surface area contributed by atoms with E-state index in [0.717, 1.165) is 0 Å². The zero-order valence-corrected chi connectivity index (χ0v) is 20.3. The predicted octanol–water partition coefficient (Wildman–Crippen LogP) is 8.56. The lowest BCUT2D eigenvalue weighted by atomic mass is 9.82. The Kier molecular flexibility index (Phi) is 6.00. The Morgan fingerprint density at radius 2 is 0.853 bits per heavy atom. The van der Waals surface area contributed by atoms with E-state index >= 15 is 0 Å². The monoisotopic (exact) mass is 526 g/mol. The SMILES string of the molecule is O=C1c2ccccc2C(=O)c2c(Nc3cc(Cl)cc(Cl)c3)ccc(Nc3cc(Cl)cc(Cl)c3)c21. The van der Waals surface area contributed by atoms with Crippen molar-refractivity contribution in [2.24, 2.45) is 0 Å². The van der Waals surface area contributed by atoms with Crippen LogP contribution in [0.5, 0.6) is 0 Å². The Hall–Kier alpha value is -3.02. The Morgan fingerprint density at radius 1 is 0.500 bits per heavy atom. The van der Waals surface area contributed by atoms with Crippen LogP contribution in [0.25, 0.3) is 0 Å². The minimum Gasteiger partial charge on any atom is -0.355 e. The van der Waals surface area contributed by atoms with Gasteiger partial charge in [0.25, 0.3) is 0 Å². The molecule has 0 radical (unpaired) electrons. The van der Waals surface area contributed by atoms with E-state index in [4.69, 9.17) is 46.4 Å². The number of rotatable bonds is 4. The second kappa shape index (κ2) is 8.97. The Bertz CT molecular complexity index is 1350. The molecule has 0 atom stereocenters. The fourth-order valence-electron chi connectivity index (χ4n) is 3.99. The molecule has 0 amide bonds. The van der Waals surface area contributed by atoms with Crippen LogP contribution in [0, 0.1) is 0 Å². The summed E-state index contributed by atoms with van der Waals surface area (Å²) >= 11 is 24.6. The van der Waals surface area contributed by atoms with Crippen LogP contribution in [0.1, 0.15) is 31.8 Å². The summed E-state index contributed by atoms with van der Waals surface area (Å²) in [6.45, 7) is 0. The molecule has 4 aromatic carbocycles. The summed E-state index contributed by atoms with van der Waals surface area (Å²) in [5.74, 6) is -0.540. The first-order valence-corrected chi connectivity index (χ1v) is 11.6. The van der Waals surface area contributed by atoms with Crippen LogP contribution in [0.15, 0.2) is 72.8 Å². The van der Waals surface area contributed by atoms with Crippen molar-refractivity contribution in [2.75, 3.05) is 10.6 Å². The Balaban J connectivity index is 1.68. The fourth-order valence-corrected chi connectivity index (χ4v) is 5.05. The minimum absolute atomic E-state index is 0.248. The number of carbonyl (C=O) groups is 2. The van der Waals surface area contributed by atoms with E-state index in [-0.39, 0.29) is 22.7 Å². The van der Waals surface area contributed by atoms with Crippen molar-refractivity contribution in [3.8, 4) is 0 Å². The molecule has 0 heterocycles. The number of carbonyl (C=O) groups excluding carboxylic acids is 2. The summed E-state index contributed by atoms with van der Waals surface area (Å²) in [6, 6.07) is 20.2. The van der Waals surface area contributed by atoms with Crippen molar-refractivity contribution >= 4 is 80.7 Å². The molecule has 0 saturated heterocycles. The molecular weight excluding hydrogens is 514 g/mol. The van der Waals surface area contributed by atoms with Crippen LogP contribution >= 0.6 is 46.4 Å². The first kappa shape index (κ1) is 22.8. The predicted molar refractivity (Wildman–Crippen MR) is 139 cm³/mol. The van der Waals surface area contributed by atoms with Gasteiger partial charge in [-0.05, 0) is 48.5 Å². The Morgan fingerprint density at radius 3 is 1.21 bits per heavy atom. The molecule has 4 aromatic rings. The fraction of sp³-hybridized carbons (Fsp3) is 0. The Labute approximate surface area is 215 Å². The zero-order valence-electron chi connectivity index (χ0n) is 17.3. The summed E-state index contributed by atoms with van der Waals surface area (Å²) in [7, 11) is 0. The van der Waals surface area contributed by atoms with Gasteiger partial charge in [0.2, 0.25) is 0 Å². The number of benzene rings is 4. The molecule has 168 valence electrons. The molecule has 0 aromatic heterocycles. The lowest BCUT2D eigenvalue weighted by Gasteiger charge is -2.24. The normalized spacial score (nSPS) is 12.2. The molecule has 1 aliphatic carbocycles. The van der Waals surface area contributed by atoms with Crippen LogP contribution in [0.4, 0.5) is 22.7 Å². The van der Waals surface area contributed by atoms with E-state index in [0.29, 0.717) is 54.0 Å². The summed E-state index contributed by atoms with van der Waals surface area (Å²) < 4.78 is 0. The molecule has 0 saturated carbocycles. The highest BCUT2D eigenvalue weighted by molar-refractivity contribution is 6.36. The molecule has 2 N–H and O–H groups in total. The average molecular weight is 528 g/mol. The number of fused-ring (bicyclic) bond motifs is 2. The van der Waals surface area contributed by atoms with E-state index in [1.807, 2.05) is 0 Å². The topological polar surface area (TPSA) is 58.2 Å². The second-order valence-electron chi connectivity index (χ2n) is 7.68. The average Bonchev–Trinajstić information content (AvgIpc) is 2.77. The van der Waals surface area contributed by atoms with Gasteiger partial charge in [-0.3, -0.25) is 9.59 Å². The maximum Gasteiger partial charge on any atom is 0.196 e. The first-order chi connectivity index (χ1) is 16.3. The van der Waals surface area contributed by atoms with Crippen LogP contribution in [-0.2, 0) is 0 Å². The molecular formula is C26H14Cl4N2O2. The van der Waals surface area contributed by atoms with E-state index in [1.54, 1.807) is 72.8 Å². The van der Waals surface area contributed by atoms with Crippen LogP contribution in [0.2, 0.25) is 20.1 Å². The molecule has 8 heteroatoms. The maximum atomic E-state index is 13.6. The van der Waals surface area contributed by atoms with Gasteiger partial charge in [-0.25, -0.2) is 0 Å². The number of hydrogen-bond donors (Lipinski definition) is 2. The number of halogens is 4. The van der Waals surface area contributed by atoms with Gasteiger partial charge in [-0.1, -0.05) is 70.7 Å². The van der Waals surface area contributed by atoms with Gasteiger partial charge >= 0.3 is 0 Å². The number of ketones is 2. The minimum atomic E-state index is -0.270. The highest BCUT2D eigenvalue weighted by Crippen LogP contribution is 2.39. The largest absolute Gasteiger partial charge is 0.355 e. The third kappa shape index (κ3) is 4.26. The van der Waals surface area contributed by atoms with Gasteiger partial charge in [0, 0.05) is 42.6 Å². The number of hydrogen-bond acceptors (Lipinski definition) is 4. The third-order valence-corrected chi connectivity index (χ3v) is 6.23. The smallest absolute Gasteiger partial charge is 0.196 e. The summed E-state index contributed by atoms with van der Waals surface area (Å²) in [6.07, 6.45) is 0. The molecule has 5 rings (SSSR count). The molecule has 0 aliphatic heterocycles. The standard InChI is InChI=1S/C26H14Cl4N2O2/c27-13-7-14(28)10-17(9-13)31-21-5-6-22(32-18-11-15(29)8-16(30)12-18)24-23(21)25(33)19-3-1-2-4-20(19)26(24)34/h1-12,31-32H. The van der Waals surface area contributed by atoms with Gasteiger partial charge < -0.3 is 10.6 Å². The van der Waals surface area contributed by atoms with E-state index in [9.17, 15) is 9.59 Å². The molecule has 4 nitrogen and oxygen atoms in total. The molecule has 34 heavy (non-hydrogen) atoms. The summed E-state index contributed by atoms with van der Waals surface area (Å²) in [5, 5.41) is 8.14. The zero-order chi connectivity index (χ0) is 24.0. The van der Waals surface area contributed by atoms with Crippen molar-refractivity contribution in [3.63, 3.8) is 0 Å². The lowest BCUT2D eigenvalue weighted by Crippen LogP contribution is -2.23. The number of anilines is 4. The van der Waals surface area contributed by atoms with Crippen LogP contribution < -0.4 is 10.6 Å². The molecule has 0 fully saturated rings. The van der Waals surface area contributed by atoms with Gasteiger partial charge in [0.15, 0.2) is 11.6 Å². The van der Waals surface area contributed by atoms with Crippen molar-refractivity contribution in [3.05, 3.63) is 115 Å². The highest BCUT2D eigenvalue weighted by Gasteiger charge is 2.34. The van der Waals surface area contributed by atoms with Crippen molar-refractivity contribution in [1.29, 1.82) is 0 Å². The highest BCUT2D eigenvalue weighted by atomic mass is 35.5. The van der Waals surface area contributed by atoms with Crippen LogP contribution in [-0.4, -0.2) is 11.6 Å². The van der Waals surface area contributed by atoms with Crippen LogP contribution in [0.3, 0.4) is 0 Å². The first-order valence-electron chi connectivity index (χ1n) is 10.1. The number of nitrogens with one attached hydrogen (secondary N) is 2. The third-order valence-electron chi connectivity index (χ3n) is 5.36. The second-order valence-corrected chi connectivity index (χ2v) is 9.43. The quantitative estimate of drug-likeness (QED) is 0.246. The van der Waals surface area contributed by atoms with Gasteiger partial charge in [-0.15, -0.1) is 0 Å². The molecule has 0 bridgehead atoms.